The lowest BCUT2D eigenvalue weighted by molar-refractivity contribution is 0.187. The Hall–Kier alpha value is -1.80. The molecule has 0 unspecified atom stereocenters. The third-order valence-corrected chi connectivity index (χ3v) is 6.93. The second-order valence-electron chi connectivity index (χ2n) is 9.99. The first-order chi connectivity index (χ1) is 14.3. The van der Waals surface area contributed by atoms with Crippen molar-refractivity contribution in [1.29, 1.82) is 0 Å². The summed E-state index contributed by atoms with van der Waals surface area (Å²) in [6, 6.07) is 0.635. The summed E-state index contributed by atoms with van der Waals surface area (Å²) >= 11 is 0. The lowest BCUT2D eigenvalue weighted by atomic mass is 9.81. The van der Waals surface area contributed by atoms with E-state index in [1.807, 2.05) is 14.0 Å². The zero-order chi connectivity index (χ0) is 23.8. The van der Waals surface area contributed by atoms with Gasteiger partial charge in [-0.1, -0.05) is 26.8 Å². The quantitative estimate of drug-likeness (QED) is 0.544. The van der Waals surface area contributed by atoms with E-state index in [2.05, 4.69) is 74.6 Å². The molecule has 1 N–H and O–H groups in total. The van der Waals surface area contributed by atoms with Gasteiger partial charge >= 0.3 is 0 Å². The molecule has 0 aliphatic heterocycles. The van der Waals surface area contributed by atoms with Crippen LogP contribution in [-0.2, 0) is 5.41 Å². The molecule has 0 spiro atoms. The molecule has 2 rings (SSSR count). The molecule has 0 aliphatic carbocycles. The highest BCUT2D eigenvalue weighted by atomic mass is 16.5. The Labute approximate surface area is 186 Å². The first-order valence-corrected chi connectivity index (χ1v) is 11.2. The van der Waals surface area contributed by atoms with Gasteiger partial charge in [0.1, 0.15) is 11.9 Å². The molecular formula is C28H43NO. The van der Waals surface area contributed by atoms with E-state index in [-0.39, 0.29) is 11.5 Å². The van der Waals surface area contributed by atoms with Crippen LogP contribution in [0.3, 0.4) is 0 Å². The Morgan fingerprint density at radius 2 is 1.33 bits per heavy atom. The molecule has 0 fully saturated rings. The normalized spacial score (nSPS) is 13.4. The first-order valence-electron chi connectivity index (χ1n) is 11.7. The molecule has 0 saturated carbocycles. The molecule has 0 aliphatic rings. The second-order valence-corrected chi connectivity index (χ2v) is 9.99. The molecule has 0 saturated heterocycles. The van der Waals surface area contributed by atoms with E-state index < -0.39 is 0 Å². The van der Waals surface area contributed by atoms with Crippen molar-refractivity contribution in [3.63, 3.8) is 0 Å². The van der Waals surface area contributed by atoms with Crippen LogP contribution in [0.1, 0.15) is 90.3 Å². The van der Waals surface area contributed by atoms with E-state index in [0.717, 1.165) is 41.0 Å². The largest absolute Gasteiger partial charge is 0.485 e. The van der Waals surface area contributed by atoms with Crippen LogP contribution < -0.4 is 10.1 Å². The van der Waals surface area contributed by atoms with E-state index >= 15 is 0 Å². The van der Waals surface area contributed by atoms with Crippen molar-refractivity contribution >= 4 is 0 Å². The monoisotopic (exact) mass is 410 g/mol. The van der Waals surface area contributed by atoms with Crippen molar-refractivity contribution in [3.8, 4) is 5.75 Å². The summed E-state index contributed by atoms with van der Waals surface area (Å²) in [5.74, 6) is 0.967. The molecule has 2 heteroatoms. The minimum atomic E-state index is -0.107. The van der Waals surface area contributed by atoms with E-state index in [1.54, 1.807) is 0 Å². The zero-order valence-corrected chi connectivity index (χ0v) is 21.4. The molecule has 2 aromatic rings. The van der Waals surface area contributed by atoms with Gasteiger partial charge in [0.05, 0.1) is 1.37 Å². The van der Waals surface area contributed by atoms with Gasteiger partial charge in [-0.3, -0.25) is 0 Å². The maximum atomic E-state index is 8.64. The maximum absolute atomic E-state index is 8.64. The number of hydrogen-bond donors (Lipinski definition) is 1. The average Bonchev–Trinajstić information content (AvgIpc) is 2.70. The Bertz CT molecular complexity index is 953. The number of ether oxygens (including phenoxy) is 1. The van der Waals surface area contributed by atoms with E-state index in [4.69, 9.17) is 6.11 Å². The smallest absolute Gasteiger partial charge is 0.127 e. The predicted octanol–water partition coefficient (Wildman–Crippen LogP) is 7.18. The molecule has 0 aromatic heterocycles. The van der Waals surface area contributed by atoms with Gasteiger partial charge in [-0.15, -0.1) is 0 Å². The van der Waals surface area contributed by atoms with Gasteiger partial charge in [-0.05, 0) is 124 Å². The van der Waals surface area contributed by atoms with Gasteiger partial charge < -0.3 is 10.1 Å². The number of benzene rings is 2. The molecule has 166 valence electrons. The Kier molecular flexibility index (Phi) is 6.97. The summed E-state index contributed by atoms with van der Waals surface area (Å²) in [5, 5.41) is 3.31. The number of nitrogens with one attached hydrogen (secondary N) is 1. The minimum Gasteiger partial charge on any atom is -0.485 e. The van der Waals surface area contributed by atoms with Crippen molar-refractivity contribution < 1.29 is 6.11 Å². The first kappa shape index (κ1) is 22.9. The fourth-order valence-electron chi connectivity index (χ4n) is 4.71. The summed E-state index contributed by atoms with van der Waals surface area (Å²) in [5.41, 5.74) is 12.3. The van der Waals surface area contributed by atoms with Crippen molar-refractivity contribution in [3.05, 3.63) is 61.7 Å². The van der Waals surface area contributed by atoms with Crippen LogP contribution in [0, 0.1) is 55.4 Å². The van der Waals surface area contributed by atoms with Gasteiger partial charge in [0.15, 0.2) is 0 Å². The minimum absolute atomic E-state index is 0.0411. The van der Waals surface area contributed by atoms with E-state index in [0.29, 0.717) is 6.04 Å². The molecule has 0 radical (unpaired) electrons. The van der Waals surface area contributed by atoms with Crippen LogP contribution in [0.4, 0.5) is 0 Å². The third-order valence-electron chi connectivity index (χ3n) is 6.93. The molecule has 1 atom stereocenters. The van der Waals surface area contributed by atoms with Gasteiger partial charge in [-0.25, -0.2) is 0 Å². The van der Waals surface area contributed by atoms with Gasteiger partial charge in [0.25, 0.3) is 0 Å². The van der Waals surface area contributed by atoms with Gasteiger partial charge in [0, 0.05) is 12.0 Å². The summed E-state index contributed by atoms with van der Waals surface area (Å²) in [6.07, 6.45) is 0.852. The lowest BCUT2D eigenvalue weighted by Gasteiger charge is -2.32. The lowest BCUT2D eigenvalue weighted by Crippen LogP contribution is -2.22. The summed E-state index contributed by atoms with van der Waals surface area (Å²) in [7, 11) is 2.00. The van der Waals surface area contributed by atoms with Crippen molar-refractivity contribution in [2.24, 2.45) is 0 Å². The molecule has 0 bridgehead atoms. The Balaban J connectivity index is 2.79. The average molecular weight is 411 g/mol. The Morgan fingerprint density at radius 1 is 0.833 bits per heavy atom. The summed E-state index contributed by atoms with van der Waals surface area (Å²) < 4.78 is 15.6. The highest BCUT2D eigenvalue weighted by Gasteiger charge is 2.28. The van der Waals surface area contributed by atoms with Crippen molar-refractivity contribution in [2.75, 3.05) is 13.6 Å². The van der Waals surface area contributed by atoms with E-state index in [9.17, 15) is 0 Å². The molecule has 2 aromatic carbocycles. The molecule has 0 heterocycles. The molecule has 2 nitrogen and oxygen atoms in total. The maximum Gasteiger partial charge on any atom is 0.127 e. The SMILES string of the molecule is [2H]c1c(C)c(C)c(O[C@H](CCNC)c2c(C)c(C)c(C)c(C)c2C)c(C(C)(C)C)c1C. The predicted molar refractivity (Wildman–Crippen MR) is 131 cm³/mol. The van der Waals surface area contributed by atoms with Crippen molar-refractivity contribution in [1.82, 2.24) is 5.32 Å². The van der Waals surface area contributed by atoms with Crippen LogP contribution in [0.25, 0.3) is 0 Å². The fourth-order valence-corrected chi connectivity index (χ4v) is 4.71. The van der Waals surface area contributed by atoms with Gasteiger partial charge in [0.2, 0.25) is 0 Å². The van der Waals surface area contributed by atoms with Crippen LogP contribution in [0.15, 0.2) is 6.04 Å². The summed E-state index contributed by atoms with van der Waals surface area (Å²) in [6.45, 7) is 24.9. The fraction of sp³-hybridized carbons (Fsp3) is 0.571. The topological polar surface area (TPSA) is 21.3 Å². The highest BCUT2D eigenvalue weighted by Crippen LogP contribution is 2.42. The van der Waals surface area contributed by atoms with Crippen LogP contribution in [-0.4, -0.2) is 13.6 Å². The molecule has 0 amide bonds. The van der Waals surface area contributed by atoms with Gasteiger partial charge in [-0.2, -0.15) is 0 Å². The van der Waals surface area contributed by atoms with Crippen molar-refractivity contribution in [2.45, 2.75) is 94.1 Å². The highest BCUT2D eigenvalue weighted by molar-refractivity contribution is 5.54. The standard InChI is InChI=1S/C28H43NO/c1-16-15-17(2)26(28(9,10)11)27(18(16)3)30-24(13-14-29-12)25-22(7)20(5)19(4)21(6)23(25)8/h15,24,29H,13-14H2,1-12H3/t24-/m1/s1/i15D. The number of hydrogen-bond acceptors (Lipinski definition) is 2. The summed E-state index contributed by atoms with van der Waals surface area (Å²) in [4.78, 5) is 0. The number of rotatable bonds is 6. The van der Waals surface area contributed by atoms with Crippen LogP contribution in [0.2, 0.25) is 0 Å². The second kappa shape index (κ2) is 9.14. The Morgan fingerprint density at radius 3 is 1.80 bits per heavy atom. The zero-order valence-electron chi connectivity index (χ0n) is 22.4. The molecular weight excluding hydrogens is 366 g/mol. The van der Waals surface area contributed by atoms with Crippen LogP contribution >= 0.6 is 0 Å². The third kappa shape index (κ3) is 4.59. The molecule has 30 heavy (non-hydrogen) atoms. The van der Waals surface area contributed by atoms with E-state index in [1.165, 1.54) is 33.4 Å². The van der Waals surface area contributed by atoms with Crippen LogP contribution in [0.5, 0.6) is 5.75 Å².